The van der Waals surface area contributed by atoms with E-state index in [-0.39, 0.29) is 11.9 Å². The molecule has 1 aliphatic heterocycles. The van der Waals surface area contributed by atoms with Crippen molar-refractivity contribution in [1.29, 1.82) is 0 Å². The van der Waals surface area contributed by atoms with Gasteiger partial charge in [-0.2, -0.15) is 0 Å². The summed E-state index contributed by atoms with van der Waals surface area (Å²) < 4.78 is 5.55. The highest BCUT2D eigenvalue weighted by atomic mass is 16.3. The number of benzene rings is 2. The molecular weight excluding hydrogens is 348 g/mol. The SMILES string of the molecule is Cc1cc(C(=O)N2CC[NH+](C(c3ccccc3)c3ccccc3)CC2)c(C)o1. The Bertz CT molecular complexity index is 886. The molecule has 4 nitrogen and oxygen atoms in total. The van der Waals surface area contributed by atoms with Crippen LogP contribution in [0, 0.1) is 13.8 Å². The molecule has 1 N–H and O–H groups in total. The molecule has 28 heavy (non-hydrogen) atoms. The number of hydrogen-bond donors (Lipinski definition) is 1. The van der Waals surface area contributed by atoms with Gasteiger partial charge in [0.25, 0.3) is 5.91 Å². The molecule has 1 amide bonds. The summed E-state index contributed by atoms with van der Waals surface area (Å²) in [6.45, 7) is 7.12. The molecule has 2 heterocycles. The van der Waals surface area contributed by atoms with E-state index < -0.39 is 0 Å². The molecule has 1 aromatic heterocycles. The average molecular weight is 375 g/mol. The van der Waals surface area contributed by atoms with E-state index in [0.29, 0.717) is 11.3 Å². The Morgan fingerprint density at radius 3 is 1.93 bits per heavy atom. The first-order valence-corrected chi connectivity index (χ1v) is 9.94. The molecule has 4 rings (SSSR count). The molecule has 1 aliphatic rings. The Balaban J connectivity index is 1.52. The number of nitrogens with zero attached hydrogens (tertiary/aromatic N) is 1. The lowest BCUT2D eigenvalue weighted by Crippen LogP contribution is -3.15. The summed E-state index contributed by atoms with van der Waals surface area (Å²) in [6.07, 6.45) is 0. The van der Waals surface area contributed by atoms with Crippen molar-refractivity contribution in [2.24, 2.45) is 0 Å². The first-order chi connectivity index (χ1) is 13.6. The van der Waals surface area contributed by atoms with Gasteiger partial charge in [-0.05, 0) is 19.9 Å². The fraction of sp³-hybridized carbons (Fsp3) is 0.292. The Hall–Kier alpha value is -2.85. The number of amides is 1. The molecular formula is C24H27N2O2+. The molecule has 0 aliphatic carbocycles. The topological polar surface area (TPSA) is 37.9 Å². The van der Waals surface area contributed by atoms with Crippen molar-refractivity contribution in [3.05, 3.63) is 94.9 Å². The van der Waals surface area contributed by atoms with Crippen LogP contribution in [0.25, 0.3) is 0 Å². The minimum absolute atomic E-state index is 0.0874. The third kappa shape index (κ3) is 3.73. The van der Waals surface area contributed by atoms with E-state index in [1.165, 1.54) is 16.0 Å². The minimum Gasteiger partial charge on any atom is -0.466 e. The summed E-state index contributed by atoms with van der Waals surface area (Å²) >= 11 is 0. The van der Waals surface area contributed by atoms with E-state index in [1.807, 2.05) is 24.8 Å². The standard InChI is InChI=1S/C24H26N2O2/c1-18-17-22(19(2)28-18)24(27)26-15-13-25(14-16-26)23(20-9-5-3-6-10-20)21-11-7-4-8-12-21/h3-12,17,23H,13-16H2,1-2H3/p+1. The van der Waals surface area contributed by atoms with Crippen molar-refractivity contribution in [2.45, 2.75) is 19.9 Å². The van der Waals surface area contributed by atoms with E-state index in [9.17, 15) is 4.79 Å². The Morgan fingerprint density at radius 2 is 1.46 bits per heavy atom. The van der Waals surface area contributed by atoms with Crippen LogP contribution in [0.4, 0.5) is 0 Å². The average Bonchev–Trinajstić information content (AvgIpc) is 3.08. The van der Waals surface area contributed by atoms with Crippen LogP contribution in [0.5, 0.6) is 0 Å². The number of carbonyl (C=O) groups excluding carboxylic acids is 1. The second-order valence-corrected chi connectivity index (χ2v) is 7.53. The lowest BCUT2D eigenvalue weighted by Gasteiger charge is -2.37. The van der Waals surface area contributed by atoms with E-state index in [2.05, 4.69) is 60.7 Å². The van der Waals surface area contributed by atoms with Crippen LogP contribution >= 0.6 is 0 Å². The lowest BCUT2D eigenvalue weighted by atomic mass is 9.96. The van der Waals surface area contributed by atoms with Crippen molar-refractivity contribution in [3.63, 3.8) is 0 Å². The highest BCUT2D eigenvalue weighted by Crippen LogP contribution is 2.20. The zero-order valence-corrected chi connectivity index (χ0v) is 16.5. The van der Waals surface area contributed by atoms with Crippen LogP contribution < -0.4 is 4.90 Å². The molecule has 0 bridgehead atoms. The number of carbonyl (C=O) groups is 1. The lowest BCUT2D eigenvalue weighted by molar-refractivity contribution is -0.929. The molecule has 144 valence electrons. The van der Waals surface area contributed by atoms with Crippen molar-refractivity contribution in [3.8, 4) is 0 Å². The van der Waals surface area contributed by atoms with Gasteiger partial charge in [-0.3, -0.25) is 4.79 Å². The second-order valence-electron chi connectivity index (χ2n) is 7.53. The summed E-state index contributed by atoms with van der Waals surface area (Å²) in [5.41, 5.74) is 3.35. The van der Waals surface area contributed by atoms with Gasteiger partial charge in [-0.1, -0.05) is 60.7 Å². The molecule has 3 aromatic rings. The van der Waals surface area contributed by atoms with Gasteiger partial charge in [-0.25, -0.2) is 0 Å². The summed E-state index contributed by atoms with van der Waals surface area (Å²) in [6, 6.07) is 23.5. The minimum atomic E-state index is 0.0874. The molecule has 0 saturated carbocycles. The van der Waals surface area contributed by atoms with E-state index in [4.69, 9.17) is 4.42 Å². The fourth-order valence-electron chi connectivity index (χ4n) is 4.25. The van der Waals surface area contributed by atoms with Crippen LogP contribution in [0.1, 0.15) is 39.0 Å². The van der Waals surface area contributed by atoms with Crippen molar-refractivity contribution < 1.29 is 14.1 Å². The first-order valence-electron chi connectivity index (χ1n) is 9.94. The number of nitrogens with one attached hydrogen (secondary N) is 1. The number of rotatable bonds is 4. The van der Waals surface area contributed by atoms with Gasteiger partial charge in [-0.15, -0.1) is 0 Å². The predicted molar refractivity (Wildman–Crippen MR) is 110 cm³/mol. The van der Waals surface area contributed by atoms with Crippen LogP contribution in [0.15, 0.2) is 71.1 Å². The molecule has 0 spiro atoms. The number of hydrogen-bond acceptors (Lipinski definition) is 2. The van der Waals surface area contributed by atoms with Gasteiger partial charge < -0.3 is 14.2 Å². The second kappa shape index (κ2) is 8.03. The van der Waals surface area contributed by atoms with Gasteiger partial charge >= 0.3 is 0 Å². The number of quaternary nitrogens is 1. The van der Waals surface area contributed by atoms with E-state index in [1.54, 1.807) is 0 Å². The maximum atomic E-state index is 12.9. The Labute approximate surface area is 166 Å². The quantitative estimate of drug-likeness (QED) is 0.761. The number of aryl methyl sites for hydroxylation is 2. The Kier molecular flexibility index (Phi) is 5.31. The smallest absolute Gasteiger partial charge is 0.257 e. The van der Waals surface area contributed by atoms with Crippen molar-refractivity contribution >= 4 is 5.91 Å². The van der Waals surface area contributed by atoms with Crippen LogP contribution in [0.3, 0.4) is 0 Å². The maximum Gasteiger partial charge on any atom is 0.257 e. The largest absolute Gasteiger partial charge is 0.466 e. The predicted octanol–water partition coefficient (Wildman–Crippen LogP) is 3.03. The number of furan rings is 1. The van der Waals surface area contributed by atoms with Crippen LogP contribution in [0.2, 0.25) is 0 Å². The summed E-state index contributed by atoms with van der Waals surface area (Å²) in [4.78, 5) is 16.4. The van der Waals surface area contributed by atoms with Gasteiger partial charge in [0.05, 0.1) is 31.7 Å². The van der Waals surface area contributed by atoms with E-state index >= 15 is 0 Å². The van der Waals surface area contributed by atoms with Crippen LogP contribution in [-0.4, -0.2) is 37.0 Å². The zero-order valence-electron chi connectivity index (χ0n) is 16.5. The fourth-order valence-corrected chi connectivity index (χ4v) is 4.25. The van der Waals surface area contributed by atoms with Crippen molar-refractivity contribution in [1.82, 2.24) is 4.90 Å². The summed E-state index contributed by atoms with van der Waals surface area (Å²) in [7, 11) is 0. The maximum absolute atomic E-state index is 12.9. The third-order valence-electron chi connectivity index (χ3n) is 5.64. The highest BCUT2D eigenvalue weighted by molar-refractivity contribution is 5.95. The van der Waals surface area contributed by atoms with Gasteiger partial charge in [0.15, 0.2) is 0 Å². The molecule has 0 radical (unpaired) electrons. The molecule has 0 unspecified atom stereocenters. The summed E-state index contributed by atoms with van der Waals surface area (Å²) in [5.74, 6) is 1.59. The molecule has 4 heteroatoms. The molecule has 2 aromatic carbocycles. The van der Waals surface area contributed by atoms with Crippen LogP contribution in [-0.2, 0) is 0 Å². The number of piperazine rings is 1. The third-order valence-corrected chi connectivity index (χ3v) is 5.64. The van der Waals surface area contributed by atoms with Crippen molar-refractivity contribution in [2.75, 3.05) is 26.2 Å². The molecule has 1 fully saturated rings. The highest BCUT2D eigenvalue weighted by Gasteiger charge is 2.32. The monoisotopic (exact) mass is 375 g/mol. The van der Waals surface area contributed by atoms with Gasteiger partial charge in [0.1, 0.15) is 17.6 Å². The summed E-state index contributed by atoms with van der Waals surface area (Å²) in [5, 5.41) is 0. The Morgan fingerprint density at radius 1 is 0.929 bits per heavy atom. The zero-order chi connectivity index (χ0) is 19.5. The van der Waals surface area contributed by atoms with Gasteiger partial charge in [0, 0.05) is 11.1 Å². The first kappa shape index (κ1) is 18.5. The van der Waals surface area contributed by atoms with Gasteiger partial charge in [0.2, 0.25) is 0 Å². The molecule has 1 saturated heterocycles. The van der Waals surface area contributed by atoms with E-state index in [0.717, 1.165) is 31.9 Å². The normalized spacial score (nSPS) is 15.2. The molecule has 0 atom stereocenters.